The Hall–Kier alpha value is -6.12. The second-order valence-corrected chi connectivity index (χ2v) is 18.5. The van der Waals surface area contributed by atoms with Gasteiger partial charge in [-0.25, -0.2) is 49.8 Å². The maximum absolute atomic E-state index is 5.79. The lowest BCUT2D eigenvalue weighted by molar-refractivity contribution is 0.162. The number of hydrogen-bond acceptors (Lipinski definition) is 29. The van der Waals surface area contributed by atoms with Gasteiger partial charge in [0.25, 0.3) is 0 Å². The molecule has 0 bridgehead atoms. The van der Waals surface area contributed by atoms with Crippen LogP contribution in [0.3, 0.4) is 0 Å². The number of nitrogens with two attached hydrogens (primary N) is 2. The summed E-state index contributed by atoms with van der Waals surface area (Å²) in [6, 6.07) is 0. The summed E-state index contributed by atoms with van der Waals surface area (Å²) in [7, 11) is 12.2. The molecule has 0 aliphatic heterocycles. The highest BCUT2D eigenvalue weighted by atomic mass is 35.5. The molecule has 8 heterocycles. The van der Waals surface area contributed by atoms with Gasteiger partial charge in [0, 0.05) is 88.1 Å². The molecular weight excluding hydrogens is 1300 g/mol. The topological polar surface area (TPSA) is 388 Å². The van der Waals surface area contributed by atoms with Crippen LogP contribution in [-0.4, -0.2) is 181 Å². The third kappa shape index (κ3) is 26.5. The number of rotatable bonds is 21. The van der Waals surface area contributed by atoms with Crippen molar-refractivity contribution in [1.82, 2.24) is 79.7 Å². The summed E-state index contributed by atoms with van der Waals surface area (Å²) >= 11 is 38.9. The minimum absolute atomic E-state index is 0. The average Bonchev–Trinajstić information content (AvgIpc) is 1.75. The van der Waals surface area contributed by atoms with Crippen molar-refractivity contribution in [3.8, 4) is 0 Å². The first kappa shape index (κ1) is 81.9. The van der Waals surface area contributed by atoms with E-state index < -0.39 is 0 Å². The van der Waals surface area contributed by atoms with Crippen molar-refractivity contribution in [2.75, 3.05) is 155 Å². The molecular formula is C51H84Cl8N28O. The van der Waals surface area contributed by atoms with Gasteiger partial charge in [-0.2, -0.15) is 29.9 Å². The van der Waals surface area contributed by atoms with Crippen molar-refractivity contribution >= 4 is 196 Å². The van der Waals surface area contributed by atoms with Gasteiger partial charge in [-0.05, 0) is 106 Å². The van der Waals surface area contributed by atoms with E-state index in [0.717, 1.165) is 78.0 Å². The number of nitrogens with zero attached hydrogens (tertiary/aromatic N) is 16. The molecule has 0 aliphatic carbocycles. The van der Waals surface area contributed by atoms with Crippen LogP contribution in [0.5, 0.6) is 0 Å². The third-order valence-electron chi connectivity index (χ3n) is 10.2. The summed E-state index contributed by atoms with van der Waals surface area (Å²) in [6.07, 6.45) is 6.59. The molecule has 14 N–H and O–H groups in total. The molecule has 0 saturated heterocycles. The predicted octanol–water partition coefficient (Wildman–Crippen LogP) is 11.4. The average molecular weight is 1390 g/mol. The Kier molecular flexibility index (Phi) is 43.7. The molecule has 29 nitrogen and oxygen atoms in total. The van der Waals surface area contributed by atoms with Crippen LogP contribution in [0.4, 0.5) is 58.7 Å². The van der Waals surface area contributed by atoms with Crippen molar-refractivity contribution in [3.63, 3.8) is 0 Å². The fourth-order valence-corrected chi connectivity index (χ4v) is 7.59. The van der Waals surface area contributed by atoms with Gasteiger partial charge in [0.15, 0.2) is 45.2 Å². The van der Waals surface area contributed by atoms with Gasteiger partial charge in [-0.1, -0.05) is 57.8 Å². The number of anilines is 10. The molecule has 490 valence electrons. The van der Waals surface area contributed by atoms with Crippen molar-refractivity contribution in [1.29, 1.82) is 0 Å². The number of alkyl halides is 1. The Labute approximate surface area is 555 Å². The second kappa shape index (κ2) is 46.9. The Bertz CT molecular complexity index is 2950. The van der Waals surface area contributed by atoms with E-state index in [4.69, 9.17) is 80.1 Å². The summed E-state index contributed by atoms with van der Waals surface area (Å²) in [5.74, 6) is 6.06. The minimum Gasteiger partial charge on any atom is -0.382 e. The van der Waals surface area contributed by atoms with Gasteiger partial charge < -0.3 is 69.4 Å². The Morgan fingerprint density at radius 2 is 0.523 bits per heavy atom. The first-order valence-corrected chi connectivity index (χ1v) is 30.6. The molecule has 0 fully saturated rings. The molecule has 0 aromatic carbocycles. The van der Waals surface area contributed by atoms with Crippen LogP contribution >= 0.6 is 93.6 Å². The van der Waals surface area contributed by atoms with E-state index >= 15 is 0 Å². The third-order valence-corrected chi connectivity index (χ3v) is 11.4. The predicted molar refractivity (Wildman–Crippen MR) is 374 cm³/mol. The molecule has 0 amide bonds. The minimum atomic E-state index is -0.0182. The van der Waals surface area contributed by atoms with Crippen LogP contribution in [0.1, 0.15) is 80.6 Å². The van der Waals surface area contributed by atoms with Crippen molar-refractivity contribution in [3.05, 3.63) is 31.4 Å². The van der Waals surface area contributed by atoms with Gasteiger partial charge in [0.1, 0.15) is 44.1 Å². The van der Waals surface area contributed by atoms with Crippen LogP contribution in [0, 0.1) is 0 Å². The van der Waals surface area contributed by atoms with Crippen molar-refractivity contribution in [2.45, 2.75) is 80.6 Å². The molecule has 8 aromatic heterocycles. The zero-order valence-electron chi connectivity index (χ0n) is 52.3. The number of nitrogens with one attached hydrogen (secondary N) is 10. The van der Waals surface area contributed by atoms with Crippen LogP contribution < -0.4 is 64.6 Å². The summed E-state index contributed by atoms with van der Waals surface area (Å²) in [5.41, 5.74) is 13.9. The van der Waals surface area contributed by atoms with E-state index in [0.29, 0.717) is 91.8 Å². The standard InChI is InChI=1S/2C14H24N8.C8H8Cl2N6.C6Cl4N4.C4H10O.C3H9N.CH3Cl.CH5N.ClH/c2*1-5-7-17-13-19-9-10(11(15-3)21-13)20-14(18-8-6-2)22-12(9)16-4;1-11-5-3-4(14-7(9)15-5)6(12-2)16-8(10)13-3;7-3-1-2(12-6(10)13-3)4(8)14-5(9)11-1;1-3-5-4-2;1-2-3-4;2*1-2;/h2*5-8H2,1-4H3,(H2,15,17,19,21)(H2,16,18,20,22);1-2H3,(H,11,14,15)(H,12,13,16);;3-4H2,1-2H3;2-4H2,1H3;1H3;2H2,1H3;1H. The van der Waals surface area contributed by atoms with Crippen LogP contribution in [-0.2, 0) is 4.74 Å². The van der Waals surface area contributed by atoms with Gasteiger partial charge >= 0.3 is 0 Å². The van der Waals surface area contributed by atoms with E-state index in [9.17, 15) is 0 Å². The van der Waals surface area contributed by atoms with Crippen molar-refractivity contribution < 1.29 is 4.74 Å². The highest BCUT2D eigenvalue weighted by Crippen LogP contribution is 2.30. The summed E-state index contributed by atoms with van der Waals surface area (Å²) < 4.78 is 4.83. The molecule has 0 atom stereocenters. The molecule has 88 heavy (non-hydrogen) atoms. The van der Waals surface area contributed by atoms with Crippen molar-refractivity contribution in [2.24, 2.45) is 11.5 Å². The van der Waals surface area contributed by atoms with Gasteiger partial charge in [0.2, 0.25) is 44.9 Å². The van der Waals surface area contributed by atoms with Gasteiger partial charge in [-0.15, -0.1) is 24.0 Å². The highest BCUT2D eigenvalue weighted by Gasteiger charge is 2.18. The molecule has 0 radical (unpaired) electrons. The molecule has 0 saturated carbocycles. The summed E-state index contributed by atoms with van der Waals surface area (Å²) in [4.78, 5) is 67.2. The number of halogens is 8. The highest BCUT2D eigenvalue weighted by molar-refractivity contribution is 6.39. The quantitative estimate of drug-likeness (QED) is 0.0181. The largest absolute Gasteiger partial charge is 0.382 e. The zero-order valence-corrected chi connectivity index (χ0v) is 58.4. The molecule has 8 aromatic rings. The van der Waals surface area contributed by atoms with Gasteiger partial charge in [0.05, 0.1) is 0 Å². The number of ether oxygens (including phenoxy) is 1. The Morgan fingerprint density at radius 1 is 0.318 bits per heavy atom. The lowest BCUT2D eigenvalue weighted by atomic mass is 10.3. The maximum Gasteiger partial charge on any atom is 0.225 e. The second-order valence-electron chi connectivity index (χ2n) is 16.4. The molecule has 0 aliphatic rings. The molecule has 0 spiro atoms. The fourth-order valence-electron chi connectivity index (χ4n) is 6.40. The van der Waals surface area contributed by atoms with E-state index in [-0.39, 0.29) is 54.9 Å². The van der Waals surface area contributed by atoms with E-state index in [1.165, 1.54) is 13.4 Å². The Balaban J connectivity index is 0.00000108. The smallest absolute Gasteiger partial charge is 0.225 e. The molecule has 8 rings (SSSR count). The summed E-state index contributed by atoms with van der Waals surface area (Å²) in [6.45, 7) is 20.2. The van der Waals surface area contributed by atoms with Crippen LogP contribution in [0.15, 0.2) is 0 Å². The number of hydrogen-bond donors (Lipinski definition) is 12. The van der Waals surface area contributed by atoms with E-state index in [1.807, 2.05) is 42.0 Å². The summed E-state index contributed by atoms with van der Waals surface area (Å²) in [5, 5.41) is 31.3. The van der Waals surface area contributed by atoms with E-state index in [2.05, 4.69) is 185 Å². The maximum atomic E-state index is 5.79. The monoisotopic (exact) mass is 1380 g/mol. The first-order chi connectivity index (χ1) is 42.0. The normalized spacial score (nSPS) is 9.86. The van der Waals surface area contributed by atoms with Gasteiger partial charge in [-0.3, -0.25) is 0 Å². The molecule has 0 unspecified atom stereocenters. The SMILES string of the molecule is CCCN.CCCNc1nc(NC)c2nc(NCCC)nc(NC)c2n1.CCCNc1nc(NC)c2nc(NCCC)nc(NC)c2n1.CCOCC.CCl.CN.CNc1nc(Cl)nc2c(NC)nc(Cl)nc12.Cl.Clc1nc(Cl)c2nc(Cl)nc(Cl)c2n1. The molecule has 37 heteroatoms. The zero-order chi connectivity index (χ0) is 65.4. The lowest BCUT2D eigenvalue weighted by Gasteiger charge is -2.13. The van der Waals surface area contributed by atoms with E-state index in [1.54, 1.807) is 14.1 Å². The first-order valence-electron chi connectivity index (χ1n) is 27.6. The van der Waals surface area contributed by atoms with Crippen LogP contribution in [0.25, 0.3) is 44.1 Å². The fraction of sp³-hybridized carbons (Fsp3) is 0.529. The number of fused-ring (bicyclic) bond motifs is 4. The van der Waals surface area contributed by atoms with Crippen LogP contribution in [0.2, 0.25) is 31.4 Å². The lowest BCUT2D eigenvalue weighted by Crippen LogP contribution is -2.11. The number of aromatic nitrogens is 16. The Morgan fingerprint density at radius 3 is 0.716 bits per heavy atom.